The summed E-state index contributed by atoms with van der Waals surface area (Å²) in [4.78, 5) is 2.38. The molecular weight excluding hydrogens is 266 g/mol. The molecule has 0 N–H and O–H groups in total. The second kappa shape index (κ2) is 7.13. The van der Waals surface area contributed by atoms with Crippen LogP contribution in [0.5, 0.6) is 0 Å². The molecular formula is C21H22N. The molecule has 111 valence electrons. The summed E-state index contributed by atoms with van der Waals surface area (Å²) in [5.41, 5.74) is 2.39. The Hall–Kier alpha value is -2.28. The van der Waals surface area contributed by atoms with E-state index in [1.165, 1.54) is 35.7 Å². The first kappa shape index (κ1) is 14.6. The van der Waals surface area contributed by atoms with Gasteiger partial charge in [0.2, 0.25) is 0 Å². The molecule has 0 heterocycles. The normalized spacial score (nSPS) is 10.8. The molecule has 3 rings (SSSR count). The van der Waals surface area contributed by atoms with Crippen molar-refractivity contribution in [2.24, 2.45) is 0 Å². The van der Waals surface area contributed by atoms with Gasteiger partial charge in [-0.25, -0.2) is 0 Å². The molecule has 0 aliphatic rings. The van der Waals surface area contributed by atoms with Crippen molar-refractivity contribution in [1.82, 2.24) is 0 Å². The third-order valence-corrected chi connectivity index (χ3v) is 4.01. The molecule has 0 atom stereocenters. The standard InChI is InChI=1S/C21H22N/c1-2-3-9-16-22(20-12-5-4-6-13-20)21-15-14-18-10-7-8-11-19(18)17-21/h4-8,10-14,17H,2-3,9,16H2,1H3. The number of unbranched alkanes of at least 4 members (excludes halogenated alkanes) is 2. The van der Waals surface area contributed by atoms with Gasteiger partial charge in [0.05, 0.1) is 0 Å². The van der Waals surface area contributed by atoms with Crippen LogP contribution in [-0.2, 0) is 0 Å². The molecule has 3 aromatic rings. The first-order valence-corrected chi connectivity index (χ1v) is 8.11. The van der Waals surface area contributed by atoms with Crippen LogP contribution in [0.1, 0.15) is 26.2 Å². The Morgan fingerprint density at radius 2 is 1.59 bits per heavy atom. The van der Waals surface area contributed by atoms with Gasteiger partial charge < -0.3 is 4.90 Å². The number of hydrogen-bond acceptors (Lipinski definition) is 1. The molecule has 0 aromatic heterocycles. The van der Waals surface area contributed by atoms with Gasteiger partial charge in [-0.3, -0.25) is 0 Å². The molecule has 0 aliphatic carbocycles. The highest BCUT2D eigenvalue weighted by Gasteiger charge is 2.09. The molecule has 22 heavy (non-hydrogen) atoms. The molecule has 0 amide bonds. The molecule has 0 spiro atoms. The van der Waals surface area contributed by atoms with Crippen molar-refractivity contribution in [3.05, 3.63) is 72.8 Å². The van der Waals surface area contributed by atoms with Crippen molar-refractivity contribution < 1.29 is 0 Å². The highest BCUT2D eigenvalue weighted by atomic mass is 15.1. The van der Waals surface area contributed by atoms with Crippen molar-refractivity contribution in [3.63, 3.8) is 0 Å². The van der Waals surface area contributed by atoms with Crippen LogP contribution in [0.25, 0.3) is 10.8 Å². The Labute approximate surface area is 133 Å². The number of fused-ring (bicyclic) bond motifs is 1. The molecule has 3 aromatic carbocycles. The minimum Gasteiger partial charge on any atom is -0.341 e. The van der Waals surface area contributed by atoms with E-state index in [1.54, 1.807) is 0 Å². The van der Waals surface area contributed by atoms with E-state index in [2.05, 4.69) is 84.6 Å². The first-order valence-electron chi connectivity index (χ1n) is 8.11. The summed E-state index contributed by atoms with van der Waals surface area (Å²) in [6.07, 6.45) is 3.70. The molecule has 0 aliphatic heterocycles. The van der Waals surface area contributed by atoms with Crippen molar-refractivity contribution >= 4 is 22.1 Å². The molecule has 0 saturated carbocycles. The van der Waals surface area contributed by atoms with Crippen molar-refractivity contribution in [2.45, 2.75) is 26.2 Å². The summed E-state index contributed by atoms with van der Waals surface area (Å²) < 4.78 is 0. The SMILES string of the molecule is CCCCCN(c1[c]cc2ccccc2c1)c1ccccc1. The van der Waals surface area contributed by atoms with Gasteiger partial charge in [-0.05, 0) is 41.5 Å². The van der Waals surface area contributed by atoms with Gasteiger partial charge in [-0.2, -0.15) is 0 Å². The topological polar surface area (TPSA) is 3.24 Å². The Balaban J connectivity index is 1.95. The quantitative estimate of drug-likeness (QED) is 0.505. The van der Waals surface area contributed by atoms with Gasteiger partial charge in [0, 0.05) is 24.0 Å². The molecule has 1 radical (unpaired) electrons. The summed E-state index contributed by atoms with van der Waals surface area (Å²) in [6, 6.07) is 26.9. The average Bonchev–Trinajstić information content (AvgIpc) is 2.59. The summed E-state index contributed by atoms with van der Waals surface area (Å²) in [7, 11) is 0. The Morgan fingerprint density at radius 3 is 2.36 bits per heavy atom. The van der Waals surface area contributed by atoms with E-state index >= 15 is 0 Å². The van der Waals surface area contributed by atoms with Gasteiger partial charge in [0.15, 0.2) is 0 Å². The van der Waals surface area contributed by atoms with Crippen LogP contribution < -0.4 is 4.90 Å². The summed E-state index contributed by atoms with van der Waals surface area (Å²) in [5, 5.41) is 2.51. The van der Waals surface area contributed by atoms with Gasteiger partial charge in [-0.15, -0.1) is 0 Å². The van der Waals surface area contributed by atoms with Crippen LogP contribution in [0.4, 0.5) is 11.4 Å². The minimum absolute atomic E-state index is 1.03. The fourth-order valence-electron chi connectivity index (χ4n) is 2.79. The Bertz CT molecular complexity index is 718. The van der Waals surface area contributed by atoms with Crippen LogP contribution in [0, 0.1) is 6.07 Å². The molecule has 1 nitrogen and oxygen atoms in total. The average molecular weight is 288 g/mol. The van der Waals surface area contributed by atoms with Gasteiger partial charge in [0.25, 0.3) is 0 Å². The fourth-order valence-corrected chi connectivity index (χ4v) is 2.79. The molecule has 0 saturated heterocycles. The van der Waals surface area contributed by atoms with E-state index in [0.29, 0.717) is 0 Å². The lowest BCUT2D eigenvalue weighted by Gasteiger charge is -2.25. The fraction of sp³-hybridized carbons (Fsp3) is 0.238. The van der Waals surface area contributed by atoms with Crippen LogP contribution >= 0.6 is 0 Å². The predicted molar refractivity (Wildman–Crippen MR) is 95.8 cm³/mol. The van der Waals surface area contributed by atoms with E-state index in [0.717, 1.165) is 12.2 Å². The van der Waals surface area contributed by atoms with Crippen LogP contribution in [0.15, 0.2) is 66.7 Å². The van der Waals surface area contributed by atoms with Crippen molar-refractivity contribution in [3.8, 4) is 0 Å². The molecule has 1 heteroatoms. The smallest absolute Gasteiger partial charge is 0.0497 e. The maximum absolute atomic E-state index is 3.46. The predicted octanol–water partition coefficient (Wildman–Crippen LogP) is 5.97. The first-order chi connectivity index (χ1) is 10.9. The molecule has 0 bridgehead atoms. The Morgan fingerprint density at radius 1 is 0.864 bits per heavy atom. The number of benzene rings is 3. The van der Waals surface area contributed by atoms with Crippen molar-refractivity contribution in [1.29, 1.82) is 0 Å². The second-order valence-electron chi connectivity index (χ2n) is 5.64. The second-order valence-corrected chi connectivity index (χ2v) is 5.64. The summed E-state index contributed by atoms with van der Waals surface area (Å²) >= 11 is 0. The largest absolute Gasteiger partial charge is 0.341 e. The van der Waals surface area contributed by atoms with Gasteiger partial charge >= 0.3 is 0 Å². The number of nitrogens with zero attached hydrogens (tertiary/aromatic N) is 1. The van der Waals surface area contributed by atoms with Crippen LogP contribution in [0.2, 0.25) is 0 Å². The minimum atomic E-state index is 1.03. The Kier molecular flexibility index (Phi) is 4.75. The van der Waals surface area contributed by atoms with E-state index < -0.39 is 0 Å². The van der Waals surface area contributed by atoms with E-state index in [-0.39, 0.29) is 0 Å². The lowest BCUT2D eigenvalue weighted by molar-refractivity contribution is 0.716. The number of para-hydroxylation sites is 1. The van der Waals surface area contributed by atoms with Gasteiger partial charge in [0.1, 0.15) is 0 Å². The maximum Gasteiger partial charge on any atom is 0.0497 e. The lowest BCUT2D eigenvalue weighted by atomic mass is 10.1. The van der Waals surface area contributed by atoms with E-state index in [4.69, 9.17) is 0 Å². The maximum atomic E-state index is 3.46. The van der Waals surface area contributed by atoms with E-state index in [1.807, 2.05) is 0 Å². The third-order valence-electron chi connectivity index (χ3n) is 4.01. The zero-order valence-electron chi connectivity index (χ0n) is 13.1. The highest BCUT2D eigenvalue weighted by Crippen LogP contribution is 2.28. The highest BCUT2D eigenvalue weighted by molar-refractivity contribution is 5.86. The zero-order chi connectivity index (χ0) is 15.2. The summed E-state index contributed by atoms with van der Waals surface area (Å²) in [5.74, 6) is 0. The van der Waals surface area contributed by atoms with E-state index in [9.17, 15) is 0 Å². The number of hydrogen-bond donors (Lipinski definition) is 0. The summed E-state index contributed by atoms with van der Waals surface area (Å²) in [6.45, 7) is 3.28. The van der Waals surface area contributed by atoms with Crippen LogP contribution in [0.3, 0.4) is 0 Å². The van der Waals surface area contributed by atoms with Crippen LogP contribution in [-0.4, -0.2) is 6.54 Å². The number of rotatable bonds is 6. The zero-order valence-corrected chi connectivity index (χ0v) is 13.1. The lowest BCUT2D eigenvalue weighted by Crippen LogP contribution is -2.18. The number of anilines is 2. The van der Waals surface area contributed by atoms with Gasteiger partial charge in [-0.1, -0.05) is 62.2 Å². The third kappa shape index (κ3) is 3.30. The molecule has 0 fully saturated rings. The molecule has 0 unspecified atom stereocenters. The van der Waals surface area contributed by atoms with Crippen molar-refractivity contribution in [2.75, 3.05) is 11.4 Å². The monoisotopic (exact) mass is 288 g/mol.